The lowest BCUT2D eigenvalue weighted by Gasteiger charge is -2.24. The van der Waals surface area contributed by atoms with Crippen LogP contribution < -0.4 is 10.6 Å². The van der Waals surface area contributed by atoms with Crippen LogP contribution in [0.4, 0.5) is 0 Å². The van der Waals surface area contributed by atoms with Crippen molar-refractivity contribution in [2.24, 2.45) is 16.9 Å². The van der Waals surface area contributed by atoms with Crippen molar-refractivity contribution in [1.29, 1.82) is 0 Å². The van der Waals surface area contributed by atoms with E-state index in [-0.39, 0.29) is 5.91 Å². The van der Waals surface area contributed by atoms with Crippen LogP contribution in [-0.4, -0.2) is 35.8 Å². The molecule has 0 bridgehead atoms. The molecule has 7 heteroatoms. The van der Waals surface area contributed by atoms with Crippen LogP contribution in [0, 0.1) is 5.92 Å². The summed E-state index contributed by atoms with van der Waals surface area (Å²) < 4.78 is 5.17. The van der Waals surface area contributed by atoms with E-state index < -0.39 is 0 Å². The molecule has 6 nitrogen and oxygen atoms in total. The third kappa shape index (κ3) is 5.26. The van der Waals surface area contributed by atoms with Gasteiger partial charge in [0.25, 0.3) is 5.91 Å². The highest BCUT2D eigenvalue weighted by atomic mass is 32.2. The maximum atomic E-state index is 13.1. The van der Waals surface area contributed by atoms with Gasteiger partial charge in [-0.1, -0.05) is 42.6 Å². The Balaban J connectivity index is 1.78. The van der Waals surface area contributed by atoms with Crippen molar-refractivity contribution in [2.75, 3.05) is 13.7 Å². The summed E-state index contributed by atoms with van der Waals surface area (Å²) in [7, 11) is 1.59. The summed E-state index contributed by atoms with van der Waals surface area (Å²) in [5, 5.41) is 4.94. The van der Waals surface area contributed by atoms with E-state index in [0.29, 0.717) is 39.4 Å². The third-order valence-corrected chi connectivity index (χ3v) is 5.64. The van der Waals surface area contributed by atoms with Crippen LogP contribution in [-0.2, 0) is 0 Å². The Labute approximate surface area is 174 Å². The van der Waals surface area contributed by atoms with E-state index >= 15 is 0 Å². The van der Waals surface area contributed by atoms with Crippen LogP contribution in [0.3, 0.4) is 0 Å². The molecule has 0 aromatic heterocycles. The molecule has 29 heavy (non-hydrogen) atoms. The Hall–Kier alpha value is -3.06. The van der Waals surface area contributed by atoms with Gasteiger partial charge in [-0.25, -0.2) is 0 Å². The molecule has 1 saturated carbocycles. The average Bonchev–Trinajstić information content (AvgIpc) is 3.59. The molecular formula is C22H23N3O3S. The van der Waals surface area contributed by atoms with Crippen LogP contribution >= 0.6 is 11.8 Å². The fourth-order valence-corrected chi connectivity index (χ4v) is 3.57. The van der Waals surface area contributed by atoms with Crippen molar-refractivity contribution in [2.45, 2.75) is 12.8 Å². The van der Waals surface area contributed by atoms with Gasteiger partial charge in [0.2, 0.25) is 0 Å². The van der Waals surface area contributed by atoms with Gasteiger partial charge < -0.3 is 15.5 Å². The summed E-state index contributed by atoms with van der Waals surface area (Å²) in [6.07, 6.45) is 2.99. The number of ether oxygens (including phenoxy) is 1. The summed E-state index contributed by atoms with van der Waals surface area (Å²) in [5.41, 5.74) is 1.89. The van der Waals surface area contributed by atoms with Gasteiger partial charge in [0.1, 0.15) is 17.1 Å². The Morgan fingerprint density at radius 3 is 2.34 bits per heavy atom. The molecule has 0 aliphatic heterocycles. The van der Waals surface area contributed by atoms with Crippen LogP contribution in [0.25, 0.3) is 0 Å². The van der Waals surface area contributed by atoms with Crippen molar-refractivity contribution in [3.05, 3.63) is 76.8 Å². The minimum absolute atomic E-state index is 0.121. The number of aldehydes is 1. The lowest BCUT2D eigenvalue weighted by atomic mass is 10.2. The average molecular weight is 410 g/mol. The molecular weight excluding hydrogens is 386 g/mol. The molecule has 0 atom stereocenters. The number of rotatable bonds is 8. The Morgan fingerprint density at radius 2 is 1.83 bits per heavy atom. The fourth-order valence-electron chi connectivity index (χ4n) is 2.78. The van der Waals surface area contributed by atoms with E-state index in [2.05, 4.69) is 11.7 Å². The maximum Gasteiger partial charge on any atom is 0.258 e. The van der Waals surface area contributed by atoms with Gasteiger partial charge in [0.05, 0.1) is 12.1 Å². The maximum absolute atomic E-state index is 13.1. The number of carbonyl (C=O) groups is 2. The standard InChI is InChI=1S/C22H23N3O3S/c1-15(29-21(24-23)18-7-5-17(14-26)6-8-18)25(13-16-3-4-16)22(27)19-9-11-20(28-2)12-10-19/h5-12,14,16H,1,3-4,13,23H2,2H3/b24-21-. The number of amides is 1. The van der Waals surface area contributed by atoms with Gasteiger partial charge in [-0.15, -0.1) is 0 Å². The number of benzene rings is 2. The van der Waals surface area contributed by atoms with Gasteiger partial charge in [0, 0.05) is 23.2 Å². The normalized spacial score (nSPS) is 13.6. The second-order valence-electron chi connectivity index (χ2n) is 6.76. The molecule has 0 saturated heterocycles. The van der Waals surface area contributed by atoms with Crippen molar-refractivity contribution < 1.29 is 14.3 Å². The molecule has 1 aliphatic rings. The lowest BCUT2D eigenvalue weighted by molar-refractivity contribution is 0.0812. The van der Waals surface area contributed by atoms with Gasteiger partial charge in [-0.05, 0) is 43.0 Å². The van der Waals surface area contributed by atoms with E-state index in [1.54, 1.807) is 60.5 Å². The second kappa shape index (κ2) is 9.43. The zero-order valence-electron chi connectivity index (χ0n) is 16.2. The second-order valence-corrected chi connectivity index (χ2v) is 7.82. The number of nitrogens with two attached hydrogens (primary N) is 1. The minimum Gasteiger partial charge on any atom is -0.497 e. The predicted molar refractivity (Wildman–Crippen MR) is 116 cm³/mol. The number of nitrogens with zero attached hydrogens (tertiary/aromatic N) is 2. The Morgan fingerprint density at radius 1 is 1.21 bits per heavy atom. The predicted octanol–water partition coefficient (Wildman–Crippen LogP) is 3.88. The SMILES string of the molecule is C=C(S/C(=N\N)c1ccc(C=O)cc1)N(CC1CC1)C(=O)c1ccc(OC)cc1. The molecule has 2 aromatic carbocycles. The highest BCUT2D eigenvalue weighted by molar-refractivity contribution is 8.17. The number of hydrogen-bond acceptors (Lipinski definition) is 6. The van der Waals surface area contributed by atoms with E-state index in [9.17, 15) is 9.59 Å². The Kier molecular flexibility index (Phi) is 6.72. The molecule has 0 spiro atoms. The summed E-state index contributed by atoms with van der Waals surface area (Å²) in [5.74, 6) is 6.66. The first-order chi connectivity index (χ1) is 14.0. The molecule has 2 N–H and O–H groups in total. The fraction of sp³-hybridized carbons (Fsp3) is 0.227. The zero-order chi connectivity index (χ0) is 20.8. The molecule has 3 rings (SSSR count). The number of methoxy groups -OCH3 is 1. The quantitative estimate of drug-likeness (QED) is 0.235. The van der Waals surface area contributed by atoms with E-state index in [4.69, 9.17) is 10.6 Å². The van der Waals surface area contributed by atoms with Crippen LogP contribution in [0.1, 0.15) is 39.1 Å². The van der Waals surface area contributed by atoms with Crippen molar-refractivity contribution in [3.63, 3.8) is 0 Å². The zero-order valence-corrected chi connectivity index (χ0v) is 17.0. The summed E-state index contributed by atoms with van der Waals surface area (Å²) >= 11 is 1.24. The smallest absolute Gasteiger partial charge is 0.258 e. The van der Waals surface area contributed by atoms with Crippen molar-refractivity contribution in [1.82, 2.24) is 4.90 Å². The molecule has 0 heterocycles. The van der Waals surface area contributed by atoms with Crippen LogP contribution in [0.5, 0.6) is 5.75 Å². The molecule has 0 radical (unpaired) electrons. The topological polar surface area (TPSA) is 85.0 Å². The highest BCUT2D eigenvalue weighted by Gasteiger charge is 2.29. The molecule has 150 valence electrons. The van der Waals surface area contributed by atoms with Gasteiger partial charge in [0.15, 0.2) is 0 Å². The summed E-state index contributed by atoms with van der Waals surface area (Å²) in [4.78, 5) is 25.7. The van der Waals surface area contributed by atoms with Crippen LogP contribution in [0.15, 0.2) is 65.2 Å². The van der Waals surface area contributed by atoms with E-state index in [1.807, 2.05) is 0 Å². The highest BCUT2D eigenvalue weighted by Crippen LogP contribution is 2.34. The molecule has 2 aromatic rings. The monoisotopic (exact) mass is 409 g/mol. The largest absolute Gasteiger partial charge is 0.497 e. The summed E-state index contributed by atoms with van der Waals surface area (Å²) in [6, 6.07) is 13.9. The Bertz CT molecular complexity index is 919. The molecule has 1 amide bonds. The van der Waals surface area contributed by atoms with E-state index in [1.165, 1.54) is 11.8 Å². The van der Waals surface area contributed by atoms with Crippen molar-refractivity contribution in [3.8, 4) is 5.75 Å². The van der Waals surface area contributed by atoms with Gasteiger partial charge in [-0.2, -0.15) is 5.10 Å². The number of hydrogen-bond donors (Lipinski definition) is 1. The van der Waals surface area contributed by atoms with Gasteiger partial charge in [-0.3, -0.25) is 9.59 Å². The van der Waals surface area contributed by atoms with Gasteiger partial charge >= 0.3 is 0 Å². The number of carbonyl (C=O) groups excluding carboxylic acids is 2. The molecule has 1 fully saturated rings. The van der Waals surface area contributed by atoms with Crippen LogP contribution in [0.2, 0.25) is 0 Å². The van der Waals surface area contributed by atoms with Crippen molar-refractivity contribution >= 4 is 29.0 Å². The first-order valence-corrected chi connectivity index (χ1v) is 10.0. The molecule has 0 unspecified atom stereocenters. The third-order valence-electron chi connectivity index (χ3n) is 4.65. The molecule has 1 aliphatic carbocycles. The lowest BCUT2D eigenvalue weighted by Crippen LogP contribution is -2.31. The summed E-state index contributed by atoms with van der Waals surface area (Å²) in [6.45, 7) is 4.72. The minimum atomic E-state index is -0.121. The van der Waals surface area contributed by atoms with E-state index in [0.717, 1.165) is 24.7 Å². The number of hydrazone groups is 1. The first-order valence-electron chi connectivity index (χ1n) is 9.22. The first kappa shape index (κ1) is 20.7. The number of thioether (sulfide) groups is 1.